The van der Waals surface area contributed by atoms with Crippen LogP contribution < -0.4 is 0 Å². The maximum atomic E-state index is 13.2. The molecule has 1 amide bonds. The number of hydrogen-bond donors (Lipinski definition) is 0. The topological polar surface area (TPSA) is 65.8 Å². The Labute approximate surface area is 154 Å². The van der Waals surface area contributed by atoms with Gasteiger partial charge in [-0.25, -0.2) is 0 Å². The lowest BCUT2D eigenvalue weighted by Gasteiger charge is -2.33. The molecule has 3 fully saturated rings. The van der Waals surface area contributed by atoms with Gasteiger partial charge < -0.3 is 19.1 Å². The van der Waals surface area contributed by atoms with Gasteiger partial charge in [0.25, 0.3) is 5.91 Å². The average Bonchev–Trinajstić information content (AvgIpc) is 3.41. The van der Waals surface area contributed by atoms with Gasteiger partial charge in [-0.05, 0) is 44.6 Å². The Hall–Kier alpha value is -1.44. The van der Waals surface area contributed by atoms with Crippen LogP contribution in [0.15, 0.2) is 6.07 Å². The first-order valence-electron chi connectivity index (χ1n) is 9.83. The minimum absolute atomic E-state index is 0.0352. The van der Waals surface area contributed by atoms with E-state index < -0.39 is 0 Å². The van der Waals surface area contributed by atoms with Gasteiger partial charge >= 0.3 is 0 Å². The van der Waals surface area contributed by atoms with Gasteiger partial charge in [-0.15, -0.1) is 0 Å². The third-order valence-corrected chi connectivity index (χ3v) is 5.39. The number of ether oxygens (including phenoxy) is 3. The SMILES string of the molecule is Cc1cc(C(=O)N2CCOC(COCC3CC3)C2)n(C2CCOCC2)n1. The lowest BCUT2D eigenvalue weighted by Crippen LogP contribution is -2.48. The third kappa shape index (κ3) is 4.27. The van der Waals surface area contributed by atoms with E-state index in [1.807, 2.05) is 22.6 Å². The first-order chi connectivity index (χ1) is 12.7. The second-order valence-corrected chi connectivity index (χ2v) is 7.68. The maximum Gasteiger partial charge on any atom is 0.272 e. The molecule has 2 aliphatic heterocycles. The molecule has 3 aliphatic rings. The van der Waals surface area contributed by atoms with Crippen LogP contribution in [-0.2, 0) is 14.2 Å². The molecule has 3 heterocycles. The van der Waals surface area contributed by atoms with Crippen molar-refractivity contribution in [2.45, 2.75) is 44.8 Å². The van der Waals surface area contributed by atoms with Crippen LogP contribution in [0.5, 0.6) is 0 Å². The number of rotatable bonds is 6. The predicted octanol–water partition coefficient (Wildman–Crippen LogP) is 1.81. The number of hydrogen-bond acceptors (Lipinski definition) is 5. The van der Waals surface area contributed by atoms with Gasteiger partial charge in [-0.1, -0.05) is 0 Å². The summed E-state index contributed by atoms with van der Waals surface area (Å²) in [6.45, 7) is 6.57. The van der Waals surface area contributed by atoms with Crippen molar-refractivity contribution in [1.29, 1.82) is 0 Å². The summed E-state index contributed by atoms with van der Waals surface area (Å²) >= 11 is 0. The molecule has 0 bridgehead atoms. The minimum atomic E-state index is -0.0352. The van der Waals surface area contributed by atoms with Crippen LogP contribution in [0, 0.1) is 12.8 Å². The average molecular weight is 363 g/mol. The largest absolute Gasteiger partial charge is 0.381 e. The van der Waals surface area contributed by atoms with Crippen molar-refractivity contribution in [2.24, 2.45) is 5.92 Å². The van der Waals surface area contributed by atoms with Crippen molar-refractivity contribution in [3.05, 3.63) is 17.5 Å². The number of nitrogens with zero attached hydrogens (tertiary/aromatic N) is 3. The van der Waals surface area contributed by atoms with Gasteiger partial charge in [0.2, 0.25) is 0 Å². The van der Waals surface area contributed by atoms with Gasteiger partial charge in [0, 0.05) is 32.9 Å². The molecule has 1 saturated carbocycles. The van der Waals surface area contributed by atoms with Crippen molar-refractivity contribution in [3.63, 3.8) is 0 Å². The fourth-order valence-corrected chi connectivity index (χ4v) is 3.70. The summed E-state index contributed by atoms with van der Waals surface area (Å²) < 4.78 is 18.9. The predicted molar refractivity (Wildman–Crippen MR) is 95.2 cm³/mol. The standard InChI is InChI=1S/C19H29N3O4/c1-14-10-18(22(20-14)16-4-7-24-8-5-16)19(23)21-6-9-26-17(11-21)13-25-12-15-2-3-15/h10,15-17H,2-9,11-13H2,1H3. The molecular formula is C19H29N3O4. The summed E-state index contributed by atoms with van der Waals surface area (Å²) in [5.74, 6) is 0.792. The fourth-order valence-electron chi connectivity index (χ4n) is 3.70. The molecule has 1 aliphatic carbocycles. The fraction of sp³-hybridized carbons (Fsp3) is 0.789. The Morgan fingerprint density at radius 2 is 2.04 bits per heavy atom. The molecule has 0 aromatic carbocycles. The first kappa shape index (κ1) is 17.9. The number of carbonyl (C=O) groups excluding carboxylic acids is 1. The first-order valence-corrected chi connectivity index (χ1v) is 9.83. The molecule has 2 saturated heterocycles. The highest BCUT2D eigenvalue weighted by atomic mass is 16.5. The molecule has 1 unspecified atom stereocenters. The molecule has 0 radical (unpaired) electrons. The zero-order valence-electron chi connectivity index (χ0n) is 15.6. The molecule has 1 aromatic heterocycles. The van der Waals surface area contributed by atoms with E-state index in [9.17, 15) is 4.79 Å². The molecule has 0 N–H and O–H groups in total. The molecule has 7 heteroatoms. The van der Waals surface area contributed by atoms with E-state index >= 15 is 0 Å². The lowest BCUT2D eigenvalue weighted by atomic mass is 10.1. The quantitative estimate of drug-likeness (QED) is 0.771. The molecule has 1 aromatic rings. The van der Waals surface area contributed by atoms with Gasteiger partial charge in [0.1, 0.15) is 5.69 Å². The highest BCUT2D eigenvalue weighted by Gasteiger charge is 2.30. The zero-order chi connectivity index (χ0) is 17.9. The Balaban J connectivity index is 1.39. The Bertz CT molecular complexity index is 622. The molecule has 26 heavy (non-hydrogen) atoms. The summed E-state index contributed by atoms with van der Waals surface area (Å²) in [4.78, 5) is 15.0. The Morgan fingerprint density at radius 3 is 2.81 bits per heavy atom. The number of aromatic nitrogens is 2. The van der Waals surface area contributed by atoms with Crippen LogP contribution in [0.4, 0.5) is 0 Å². The van der Waals surface area contributed by atoms with Crippen LogP contribution in [0.2, 0.25) is 0 Å². The number of amides is 1. The van der Waals surface area contributed by atoms with Crippen molar-refractivity contribution in [1.82, 2.24) is 14.7 Å². The minimum Gasteiger partial charge on any atom is -0.381 e. The molecule has 7 nitrogen and oxygen atoms in total. The van der Waals surface area contributed by atoms with Crippen molar-refractivity contribution >= 4 is 5.91 Å². The van der Waals surface area contributed by atoms with Gasteiger partial charge in [0.15, 0.2) is 0 Å². The lowest BCUT2D eigenvalue weighted by molar-refractivity contribution is -0.0631. The number of aryl methyl sites for hydroxylation is 1. The molecule has 4 rings (SSSR count). The van der Waals surface area contributed by atoms with E-state index in [1.54, 1.807) is 0 Å². The second kappa shape index (κ2) is 8.06. The smallest absolute Gasteiger partial charge is 0.272 e. The highest BCUT2D eigenvalue weighted by Crippen LogP contribution is 2.29. The summed E-state index contributed by atoms with van der Waals surface area (Å²) in [6, 6.07) is 2.15. The maximum absolute atomic E-state index is 13.2. The van der Waals surface area contributed by atoms with E-state index in [2.05, 4.69) is 5.10 Å². The Morgan fingerprint density at radius 1 is 1.23 bits per heavy atom. The molecule has 144 valence electrons. The van der Waals surface area contributed by atoms with E-state index in [0.717, 1.165) is 44.3 Å². The monoisotopic (exact) mass is 363 g/mol. The van der Waals surface area contributed by atoms with Gasteiger partial charge in [-0.3, -0.25) is 9.48 Å². The normalized spacial score (nSPS) is 24.8. The summed E-state index contributed by atoms with van der Waals surface area (Å²) in [6.07, 6.45) is 4.34. The molecule has 1 atom stereocenters. The summed E-state index contributed by atoms with van der Waals surface area (Å²) in [5.41, 5.74) is 1.58. The van der Waals surface area contributed by atoms with Crippen LogP contribution in [0.25, 0.3) is 0 Å². The number of morpholine rings is 1. The van der Waals surface area contributed by atoms with Crippen LogP contribution in [0.3, 0.4) is 0 Å². The molecule has 0 spiro atoms. The van der Waals surface area contributed by atoms with E-state index in [0.29, 0.717) is 32.0 Å². The van der Waals surface area contributed by atoms with Crippen molar-refractivity contribution < 1.29 is 19.0 Å². The third-order valence-electron chi connectivity index (χ3n) is 5.39. The number of carbonyl (C=O) groups is 1. The van der Waals surface area contributed by atoms with E-state index in [1.165, 1.54) is 12.8 Å². The van der Waals surface area contributed by atoms with Gasteiger partial charge in [-0.2, -0.15) is 5.10 Å². The summed E-state index contributed by atoms with van der Waals surface area (Å²) in [5, 5.41) is 4.60. The second-order valence-electron chi connectivity index (χ2n) is 7.68. The van der Waals surface area contributed by atoms with Gasteiger partial charge in [0.05, 0.1) is 31.1 Å². The zero-order valence-corrected chi connectivity index (χ0v) is 15.6. The summed E-state index contributed by atoms with van der Waals surface area (Å²) in [7, 11) is 0. The van der Waals surface area contributed by atoms with Crippen LogP contribution in [-0.4, -0.2) is 72.8 Å². The van der Waals surface area contributed by atoms with Crippen LogP contribution in [0.1, 0.15) is 47.9 Å². The highest BCUT2D eigenvalue weighted by molar-refractivity contribution is 5.92. The van der Waals surface area contributed by atoms with E-state index in [4.69, 9.17) is 14.2 Å². The van der Waals surface area contributed by atoms with Crippen LogP contribution >= 0.6 is 0 Å². The van der Waals surface area contributed by atoms with E-state index in [-0.39, 0.29) is 18.1 Å². The van der Waals surface area contributed by atoms with Crippen molar-refractivity contribution in [2.75, 3.05) is 46.1 Å². The van der Waals surface area contributed by atoms with Crippen molar-refractivity contribution in [3.8, 4) is 0 Å². The Kier molecular flexibility index (Phi) is 5.57. The molecular weight excluding hydrogens is 334 g/mol.